The molecule has 0 aromatic heterocycles. The molecular formula is C21H18N2O4. The number of rotatable bonds is 6. The largest absolute Gasteiger partial charge is 0.505 e. The molecule has 136 valence electrons. The molecule has 2 amide bonds. The van der Waals surface area contributed by atoms with Crippen LogP contribution in [0.3, 0.4) is 0 Å². The normalized spacial score (nSPS) is 10.1. The van der Waals surface area contributed by atoms with Crippen LogP contribution in [-0.4, -0.2) is 17.4 Å². The highest BCUT2D eigenvalue weighted by Crippen LogP contribution is 2.28. The van der Waals surface area contributed by atoms with E-state index < -0.39 is 5.91 Å². The minimum atomic E-state index is -0.491. The molecule has 3 aromatic carbocycles. The van der Waals surface area contributed by atoms with Gasteiger partial charge in [-0.1, -0.05) is 23.8 Å². The Bertz CT molecular complexity index is 951. The third-order valence-electron chi connectivity index (χ3n) is 3.86. The summed E-state index contributed by atoms with van der Waals surface area (Å²) in [5.41, 5.74) is 1.92. The van der Waals surface area contributed by atoms with Crippen molar-refractivity contribution in [1.82, 2.24) is 0 Å². The summed E-state index contributed by atoms with van der Waals surface area (Å²) in [5, 5.41) is 15.1. The predicted octanol–water partition coefficient (Wildman–Crippen LogP) is 4.31. The number of phenolic OH excluding ortho intramolecular Hbond substituents is 1. The zero-order valence-electron chi connectivity index (χ0n) is 14.6. The molecule has 0 atom stereocenters. The Labute approximate surface area is 156 Å². The summed E-state index contributed by atoms with van der Waals surface area (Å²) in [7, 11) is 0. The molecule has 0 spiro atoms. The highest BCUT2D eigenvalue weighted by atomic mass is 16.5. The summed E-state index contributed by atoms with van der Waals surface area (Å²) in [5.74, 6) is 0.578. The Balaban J connectivity index is 1.69. The average Bonchev–Trinajstić information content (AvgIpc) is 2.67. The van der Waals surface area contributed by atoms with Crippen LogP contribution in [0.15, 0.2) is 66.7 Å². The van der Waals surface area contributed by atoms with Crippen LogP contribution in [0.2, 0.25) is 0 Å². The Morgan fingerprint density at radius 3 is 2.22 bits per heavy atom. The number of aromatic hydroxyl groups is 1. The van der Waals surface area contributed by atoms with Gasteiger partial charge in [-0.25, -0.2) is 0 Å². The lowest BCUT2D eigenvalue weighted by Crippen LogP contribution is -2.12. The Morgan fingerprint density at radius 2 is 1.59 bits per heavy atom. The number of para-hydroxylation sites is 1. The molecule has 0 heterocycles. The molecule has 0 unspecified atom stereocenters. The van der Waals surface area contributed by atoms with Crippen molar-refractivity contribution in [2.45, 2.75) is 6.92 Å². The zero-order chi connectivity index (χ0) is 19.2. The molecule has 3 N–H and O–H groups in total. The molecule has 0 fully saturated rings. The number of carbonyl (C=O) groups excluding carboxylic acids is 2. The summed E-state index contributed by atoms with van der Waals surface area (Å²) in [6.07, 6.45) is 0.434. The summed E-state index contributed by atoms with van der Waals surface area (Å²) in [6, 6.07) is 19.1. The number of amides is 2. The molecule has 0 aliphatic rings. The first-order valence-electron chi connectivity index (χ1n) is 8.25. The van der Waals surface area contributed by atoms with Crippen molar-refractivity contribution in [3.63, 3.8) is 0 Å². The quantitative estimate of drug-likeness (QED) is 0.450. The van der Waals surface area contributed by atoms with Crippen molar-refractivity contribution in [3.8, 4) is 17.2 Å². The maximum Gasteiger partial charge on any atom is 0.259 e. The molecule has 3 aromatic rings. The zero-order valence-corrected chi connectivity index (χ0v) is 14.6. The average molecular weight is 362 g/mol. The molecular weight excluding hydrogens is 344 g/mol. The predicted molar refractivity (Wildman–Crippen MR) is 103 cm³/mol. The van der Waals surface area contributed by atoms with Gasteiger partial charge in [-0.2, -0.15) is 0 Å². The van der Waals surface area contributed by atoms with Gasteiger partial charge in [-0.3, -0.25) is 9.59 Å². The summed E-state index contributed by atoms with van der Waals surface area (Å²) >= 11 is 0. The number of hydrogen-bond acceptors (Lipinski definition) is 4. The van der Waals surface area contributed by atoms with Gasteiger partial charge in [-0.15, -0.1) is 0 Å². The second-order valence-corrected chi connectivity index (χ2v) is 5.86. The maximum absolute atomic E-state index is 12.4. The van der Waals surface area contributed by atoms with E-state index in [0.717, 1.165) is 11.3 Å². The molecule has 0 saturated carbocycles. The fourth-order valence-corrected chi connectivity index (χ4v) is 2.45. The topological polar surface area (TPSA) is 87.7 Å². The monoisotopic (exact) mass is 362 g/mol. The number of anilines is 2. The SMILES string of the molecule is Cc1ccc(Oc2ccc(NC(=O)c3cccc(NC=O)c3O)cc2)cc1. The van der Waals surface area contributed by atoms with Crippen LogP contribution >= 0.6 is 0 Å². The number of nitrogens with one attached hydrogen (secondary N) is 2. The lowest BCUT2D eigenvalue weighted by molar-refractivity contribution is -0.105. The smallest absolute Gasteiger partial charge is 0.259 e. The van der Waals surface area contributed by atoms with Crippen molar-refractivity contribution in [3.05, 3.63) is 77.9 Å². The van der Waals surface area contributed by atoms with Crippen LogP contribution in [0, 0.1) is 6.92 Å². The molecule has 0 radical (unpaired) electrons. The minimum absolute atomic E-state index is 0.0573. The number of ether oxygens (including phenoxy) is 1. The van der Waals surface area contributed by atoms with Crippen LogP contribution in [-0.2, 0) is 4.79 Å². The molecule has 0 saturated heterocycles. The van der Waals surface area contributed by atoms with Crippen molar-refractivity contribution in [1.29, 1.82) is 0 Å². The van der Waals surface area contributed by atoms with E-state index >= 15 is 0 Å². The van der Waals surface area contributed by atoms with Crippen LogP contribution in [0.5, 0.6) is 17.2 Å². The molecule has 6 nitrogen and oxygen atoms in total. The standard InChI is InChI=1S/C21H18N2O4/c1-14-5-9-16(10-6-14)27-17-11-7-15(8-12-17)23-21(26)18-3-2-4-19(20(18)25)22-13-24/h2-13,25H,1H3,(H,22,24)(H,23,26). The number of phenols is 1. The summed E-state index contributed by atoms with van der Waals surface area (Å²) in [6.45, 7) is 2.00. The third-order valence-corrected chi connectivity index (χ3v) is 3.86. The number of benzene rings is 3. The van der Waals surface area contributed by atoms with Gasteiger partial charge in [0.25, 0.3) is 5.91 Å². The molecule has 6 heteroatoms. The van der Waals surface area contributed by atoms with Gasteiger partial charge in [-0.05, 0) is 55.5 Å². The highest BCUT2D eigenvalue weighted by molar-refractivity contribution is 6.07. The lowest BCUT2D eigenvalue weighted by atomic mass is 10.1. The maximum atomic E-state index is 12.4. The van der Waals surface area contributed by atoms with Gasteiger partial charge < -0.3 is 20.5 Å². The third kappa shape index (κ3) is 4.43. The molecule has 0 bridgehead atoms. The van der Waals surface area contributed by atoms with E-state index in [-0.39, 0.29) is 17.0 Å². The van der Waals surface area contributed by atoms with Gasteiger partial charge in [0, 0.05) is 5.69 Å². The van der Waals surface area contributed by atoms with E-state index in [4.69, 9.17) is 4.74 Å². The van der Waals surface area contributed by atoms with Crippen LogP contribution < -0.4 is 15.4 Å². The molecule has 3 rings (SSSR count). The van der Waals surface area contributed by atoms with Crippen molar-refractivity contribution in [2.75, 3.05) is 10.6 Å². The fraction of sp³-hybridized carbons (Fsp3) is 0.0476. The fourth-order valence-electron chi connectivity index (χ4n) is 2.45. The van der Waals surface area contributed by atoms with Crippen molar-refractivity contribution in [2.24, 2.45) is 0 Å². The van der Waals surface area contributed by atoms with Crippen molar-refractivity contribution >= 4 is 23.7 Å². The molecule has 0 aliphatic carbocycles. The van der Waals surface area contributed by atoms with E-state index in [2.05, 4.69) is 10.6 Å². The number of hydrogen-bond donors (Lipinski definition) is 3. The van der Waals surface area contributed by atoms with E-state index in [1.54, 1.807) is 30.3 Å². The lowest BCUT2D eigenvalue weighted by Gasteiger charge is -2.10. The van der Waals surface area contributed by atoms with Gasteiger partial charge in [0.15, 0.2) is 5.75 Å². The van der Waals surface area contributed by atoms with Crippen molar-refractivity contribution < 1.29 is 19.4 Å². The van der Waals surface area contributed by atoms with E-state index in [0.29, 0.717) is 17.8 Å². The Hall–Kier alpha value is -3.80. The van der Waals surface area contributed by atoms with Gasteiger partial charge in [0.2, 0.25) is 6.41 Å². The minimum Gasteiger partial charge on any atom is -0.505 e. The van der Waals surface area contributed by atoms with Gasteiger partial charge in [0.05, 0.1) is 11.3 Å². The first-order valence-corrected chi connectivity index (χ1v) is 8.25. The Kier molecular flexibility index (Phi) is 5.37. The molecule has 27 heavy (non-hydrogen) atoms. The second-order valence-electron chi connectivity index (χ2n) is 5.86. The van der Waals surface area contributed by atoms with Gasteiger partial charge >= 0.3 is 0 Å². The number of aryl methyl sites for hydroxylation is 1. The Morgan fingerprint density at radius 1 is 0.963 bits per heavy atom. The van der Waals surface area contributed by atoms with Gasteiger partial charge in [0.1, 0.15) is 11.5 Å². The summed E-state index contributed by atoms with van der Waals surface area (Å²) in [4.78, 5) is 22.9. The second kappa shape index (κ2) is 8.05. The summed E-state index contributed by atoms with van der Waals surface area (Å²) < 4.78 is 5.75. The van der Waals surface area contributed by atoms with Crippen LogP contribution in [0.1, 0.15) is 15.9 Å². The first kappa shape index (κ1) is 18.0. The number of carbonyl (C=O) groups is 2. The molecule has 0 aliphatic heterocycles. The van der Waals surface area contributed by atoms with Crippen LogP contribution in [0.25, 0.3) is 0 Å². The van der Waals surface area contributed by atoms with E-state index in [9.17, 15) is 14.7 Å². The van der Waals surface area contributed by atoms with E-state index in [1.165, 1.54) is 12.1 Å². The van der Waals surface area contributed by atoms with E-state index in [1.807, 2.05) is 31.2 Å². The first-order chi connectivity index (χ1) is 13.1. The highest BCUT2D eigenvalue weighted by Gasteiger charge is 2.14. The van der Waals surface area contributed by atoms with Crippen LogP contribution in [0.4, 0.5) is 11.4 Å².